The molecule has 4 aromatic rings. The molecule has 11 nitrogen and oxygen atoms in total. The Morgan fingerprint density at radius 2 is 1.41 bits per heavy atom. The van der Waals surface area contributed by atoms with Gasteiger partial charge in [-0.15, -0.1) is 0 Å². The van der Waals surface area contributed by atoms with Gasteiger partial charge in [-0.2, -0.15) is 0 Å². The molecule has 0 saturated carbocycles. The summed E-state index contributed by atoms with van der Waals surface area (Å²) in [5.41, 5.74) is 0.0678. The molecule has 44 heavy (non-hydrogen) atoms. The Labute approximate surface area is 254 Å². The van der Waals surface area contributed by atoms with Crippen molar-refractivity contribution in [3.63, 3.8) is 0 Å². The second kappa shape index (κ2) is 14.0. The SMILES string of the molecule is COCCO[C@@H]1[C@H](O)[C@H](COC(c2ccccc2)(c2ccc(OC)cc2)c2ccc(OC)cc2)O[C@@H]1n1ccc(=O)[nH]c1=O. The summed E-state index contributed by atoms with van der Waals surface area (Å²) in [6.45, 7) is 0.325. The van der Waals surface area contributed by atoms with Crippen LogP contribution in [-0.2, 0) is 24.5 Å². The fourth-order valence-electron chi connectivity index (χ4n) is 5.44. The van der Waals surface area contributed by atoms with Gasteiger partial charge in [0.25, 0.3) is 5.56 Å². The molecule has 1 aromatic heterocycles. The lowest BCUT2D eigenvalue weighted by atomic mass is 9.80. The van der Waals surface area contributed by atoms with Crippen LogP contribution in [0.4, 0.5) is 0 Å². The molecule has 0 amide bonds. The number of benzene rings is 3. The molecule has 0 unspecified atom stereocenters. The molecule has 2 heterocycles. The number of methoxy groups -OCH3 is 3. The van der Waals surface area contributed by atoms with E-state index in [2.05, 4.69) is 4.98 Å². The summed E-state index contributed by atoms with van der Waals surface area (Å²) in [5.74, 6) is 1.37. The molecule has 1 aliphatic heterocycles. The summed E-state index contributed by atoms with van der Waals surface area (Å²) >= 11 is 0. The van der Waals surface area contributed by atoms with Crippen LogP contribution >= 0.6 is 0 Å². The van der Waals surface area contributed by atoms with Gasteiger partial charge in [0, 0.05) is 19.4 Å². The van der Waals surface area contributed by atoms with Gasteiger partial charge in [-0.3, -0.25) is 14.3 Å². The Morgan fingerprint density at radius 3 is 1.95 bits per heavy atom. The minimum atomic E-state index is -1.18. The van der Waals surface area contributed by atoms with E-state index < -0.39 is 41.4 Å². The van der Waals surface area contributed by atoms with Crippen LogP contribution in [-0.4, -0.2) is 74.1 Å². The van der Waals surface area contributed by atoms with Crippen molar-refractivity contribution in [1.29, 1.82) is 0 Å². The molecule has 5 rings (SSSR count). The van der Waals surface area contributed by atoms with Gasteiger partial charge < -0.3 is 33.5 Å². The third-order valence-corrected chi connectivity index (χ3v) is 7.67. The molecule has 4 atom stereocenters. The van der Waals surface area contributed by atoms with E-state index in [9.17, 15) is 14.7 Å². The molecule has 1 fully saturated rings. The molecular weight excluding hydrogens is 568 g/mol. The highest BCUT2D eigenvalue weighted by Gasteiger charge is 2.48. The number of aliphatic hydroxyl groups is 1. The first-order valence-corrected chi connectivity index (χ1v) is 14.2. The number of aromatic nitrogens is 2. The van der Waals surface area contributed by atoms with E-state index in [4.69, 9.17) is 28.4 Å². The molecule has 0 bridgehead atoms. The van der Waals surface area contributed by atoms with Gasteiger partial charge in [-0.1, -0.05) is 54.6 Å². The average molecular weight is 605 g/mol. The second-order valence-electron chi connectivity index (χ2n) is 10.2. The van der Waals surface area contributed by atoms with Crippen LogP contribution < -0.4 is 20.7 Å². The van der Waals surface area contributed by atoms with E-state index >= 15 is 0 Å². The molecule has 0 spiro atoms. The highest BCUT2D eigenvalue weighted by atomic mass is 16.6. The average Bonchev–Trinajstić information content (AvgIpc) is 3.36. The number of hydrogen-bond acceptors (Lipinski definition) is 9. The number of rotatable bonds is 13. The van der Waals surface area contributed by atoms with Gasteiger partial charge in [0.15, 0.2) is 6.23 Å². The van der Waals surface area contributed by atoms with E-state index in [0.717, 1.165) is 16.7 Å². The summed E-state index contributed by atoms with van der Waals surface area (Å²) in [4.78, 5) is 26.7. The first-order chi connectivity index (χ1) is 21.4. The first kappa shape index (κ1) is 31.2. The molecular formula is C33H36N2O9. The maximum Gasteiger partial charge on any atom is 0.330 e. The quantitative estimate of drug-likeness (QED) is 0.175. The van der Waals surface area contributed by atoms with Gasteiger partial charge in [0.2, 0.25) is 0 Å². The normalized spacial score (nSPS) is 20.0. The van der Waals surface area contributed by atoms with Gasteiger partial charge >= 0.3 is 5.69 Å². The Balaban J connectivity index is 1.55. The number of hydrogen-bond donors (Lipinski definition) is 2. The zero-order valence-electron chi connectivity index (χ0n) is 24.8. The molecule has 232 valence electrons. The van der Waals surface area contributed by atoms with E-state index in [1.54, 1.807) is 14.2 Å². The molecule has 2 N–H and O–H groups in total. The Hall–Kier alpha value is -4.26. The van der Waals surface area contributed by atoms with Crippen LogP contribution in [0.1, 0.15) is 22.9 Å². The molecule has 1 saturated heterocycles. The lowest BCUT2D eigenvalue weighted by Crippen LogP contribution is -2.41. The fourth-order valence-corrected chi connectivity index (χ4v) is 5.44. The van der Waals surface area contributed by atoms with Gasteiger partial charge in [-0.25, -0.2) is 4.79 Å². The summed E-state index contributed by atoms with van der Waals surface area (Å²) in [6.07, 6.45) is -2.76. The Morgan fingerprint density at radius 1 is 0.818 bits per heavy atom. The smallest absolute Gasteiger partial charge is 0.330 e. The van der Waals surface area contributed by atoms with Crippen molar-refractivity contribution in [3.05, 3.63) is 129 Å². The second-order valence-corrected chi connectivity index (χ2v) is 10.2. The Bertz CT molecular complexity index is 1560. The predicted octanol–water partition coefficient (Wildman–Crippen LogP) is 2.85. The van der Waals surface area contributed by atoms with Crippen molar-refractivity contribution in [3.8, 4) is 11.5 Å². The fraction of sp³-hybridized carbons (Fsp3) is 0.333. The lowest BCUT2D eigenvalue weighted by Gasteiger charge is -2.37. The third-order valence-electron chi connectivity index (χ3n) is 7.67. The van der Waals surface area contributed by atoms with Crippen LogP contribution in [0, 0.1) is 0 Å². The van der Waals surface area contributed by atoms with Crippen molar-refractivity contribution in [1.82, 2.24) is 9.55 Å². The zero-order valence-corrected chi connectivity index (χ0v) is 24.8. The third kappa shape index (κ3) is 6.33. The number of aromatic amines is 1. The van der Waals surface area contributed by atoms with Crippen molar-refractivity contribution >= 4 is 0 Å². The number of aliphatic hydroxyl groups excluding tert-OH is 1. The number of nitrogens with one attached hydrogen (secondary N) is 1. The topological polar surface area (TPSA) is 130 Å². The molecule has 0 radical (unpaired) electrons. The summed E-state index contributed by atoms with van der Waals surface area (Å²) in [7, 11) is 4.74. The highest BCUT2D eigenvalue weighted by Crippen LogP contribution is 2.43. The van der Waals surface area contributed by atoms with Crippen molar-refractivity contribution in [2.75, 3.05) is 41.2 Å². The zero-order chi connectivity index (χ0) is 31.1. The molecule has 0 aliphatic carbocycles. The van der Waals surface area contributed by atoms with Gasteiger partial charge in [-0.05, 0) is 41.0 Å². The van der Waals surface area contributed by atoms with Crippen molar-refractivity contribution < 1.29 is 33.5 Å². The van der Waals surface area contributed by atoms with Crippen LogP contribution in [0.3, 0.4) is 0 Å². The summed E-state index contributed by atoms with van der Waals surface area (Å²) in [6, 6.07) is 26.1. The molecule has 1 aliphatic rings. The predicted molar refractivity (Wildman–Crippen MR) is 161 cm³/mol. The van der Waals surface area contributed by atoms with E-state index in [1.165, 1.54) is 23.9 Å². The number of H-pyrrole nitrogens is 1. The van der Waals surface area contributed by atoms with E-state index in [0.29, 0.717) is 11.5 Å². The molecule has 11 heteroatoms. The largest absolute Gasteiger partial charge is 0.497 e. The number of ether oxygens (including phenoxy) is 6. The first-order valence-electron chi connectivity index (χ1n) is 14.2. The minimum Gasteiger partial charge on any atom is -0.497 e. The highest BCUT2D eigenvalue weighted by molar-refractivity contribution is 5.49. The van der Waals surface area contributed by atoms with E-state index in [1.807, 2.05) is 78.9 Å². The van der Waals surface area contributed by atoms with E-state index in [-0.39, 0.29) is 19.8 Å². The lowest BCUT2D eigenvalue weighted by molar-refractivity contribution is -0.0994. The van der Waals surface area contributed by atoms with Crippen molar-refractivity contribution in [2.45, 2.75) is 30.1 Å². The van der Waals surface area contributed by atoms with Gasteiger partial charge in [0.1, 0.15) is 35.4 Å². The Kier molecular flexibility index (Phi) is 9.93. The monoisotopic (exact) mass is 604 g/mol. The molecule has 3 aromatic carbocycles. The van der Waals surface area contributed by atoms with Crippen LogP contribution in [0.25, 0.3) is 0 Å². The number of nitrogens with zero attached hydrogens (tertiary/aromatic N) is 1. The maximum atomic E-state index is 12.7. The van der Waals surface area contributed by atoms with Gasteiger partial charge in [0.05, 0.1) is 34.0 Å². The van der Waals surface area contributed by atoms with Crippen LogP contribution in [0.15, 0.2) is 101 Å². The summed E-state index contributed by atoms with van der Waals surface area (Å²) in [5, 5.41) is 11.5. The maximum absolute atomic E-state index is 12.7. The van der Waals surface area contributed by atoms with Crippen LogP contribution in [0.2, 0.25) is 0 Å². The van der Waals surface area contributed by atoms with Crippen LogP contribution in [0.5, 0.6) is 11.5 Å². The minimum absolute atomic E-state index is 0.0904. The van der Waals surface area contributed by atoms with Crippen molar-refractivity contribution in [2.24, 2.45) is 0 Å². The summed E-state index contributed by atoms with van der Waals surface area (Å²) < 4.78 is 36.2. The standard InChI is InChI=1S/C33H36N2O9/c1-39-19-20-42-30-29(37)27(44-31(30)35-18-17-28(36)34-32(35)38)21-43-33(22-7-5-4-6-8-22,23-9-13-25(40-2)14-10-23)24-11-15-26(41-3)16-12-24/h4-18,27,29-31,37H,19-21H2,1-3H3,(H,34,36,38)/t27-,29+,30+,31-/m0/s1.